The van der Waals surface area contributed by atoms with Crippen molar-refractivity contribution in [1.82, 2.24) is 10.2 Å². The Morgan fingerprint density at radius 3 is 2.67 bits per heavy atom. The molecule has 0 radical (unpaired) electrons. The second-order valence-corrected chi connectivity index (χ2v) is 6.21. The molecule has 0 aromatic carbocycles. The van der Waals surface area contributed by atoms with E-state index in [1.807, 2.05) is 6.92 Å². The molecular weight excluding hydrogens is 222 g/mol. The van der Waals surface area contributed by atoms with Crippen LogP contribution >= 0.6 is 0 Å². The second-order valence-electron chi connectivity index (χ2n) is 6.21. The zero-order valence-electron chi connectivity index (χ0n) is 12.5. The maximum atomic E-state index is 9.24. The first-order valence-electron chi connectivity index (χ1n) is 7.35. The number of hydrogen-bond donors (Lipinski definition) is 1. The van der Waals surface area contributed by atoms with Crippen molar-refractivity contribution in [3.63, 3.8) is 0 Å². The van der Waals surface area contributed by atoms with Crippen molar-refractivity contribution in [2.45, 2.75) is 52.0 Å². The first-order chi connectivity index (χ1) is 8.50. The smallest absolute Gasteiger partial charge is 0.103 e. The SMILES string of the molecule is CCCNC(C)(C#N)CCCN(C)CC1CC1C. The van der Waals surface area contributed by atoms with Crippen LogP contribution in [0.25, 0.3) is 0 Å². The highest BCUT2D eigenvalue weighted by molar-refractivity contribution is 5.03. The molecule has 1 aliphatic carbocycles. The van der Waals surface area contributed by atoms with E-state index in [0.29, 0.717) is 0 Å². The molecule has 3 heteroatoms. The summed E-state index contributed by atoms with van der Waals surface area (Å²) in [5.41, 5.74) is -0.344. The molecule has 18 heavy (non-hydrogen) atoms. The van der Waals surface area contributed by atoms with Crippen LogP contribution in [0.2, 0.25) is 0 Å². The van der Waals surface area contributed by atoms with Gasteiger partial charge in [-0.05, 0) is 64.6 Å². The molecule has 3 atom stereocenters. The molecule has 0 bridgehead atoms. The van der Waals surface area contributed by atoms with Crippen LogP contribution in [0.1, 0.15) is 46.5 Å². The molecule has 0 spiro atoms. The maximum Gasteiger partial charge on any atom is 0.103 e. The van der Waals surface area contributed by atoms with Crippen molar-refractivity contribution >= 4 is 0 Å². The Morgan fingerprint density at radius 2 is 2.17 bits per heavy atom. The zero-order chi connectivity index (χ0) is 13.6. The van der Waals surface area contributed by atoms with Gasteiger partial charge < -0.3 is 4.90 Å². The van der Waals surface area contributed by atoms with E-state index in [4.69, 9.17) is 0 Å². The molecule has 0 aromatic heterocycles. The average Bonchev–Trinajstić information content (AvgIpc) is 3.02. The third kappa shape index (κ3) is 5.37. The Hall–Kier alpha value is -0.590. The van der Waals surface area contributed by atoms with Gasteiger partial charge in [0.2, 0.25) is 0 Å². The lowest BCUT2D eigenvalue weighted by molar-refractivity contribution is 0.291. The molecule has 1 aliphatic rings. The Labute approximate surface area is 113 Å². The summed E-state index contributed by atoms with van der Waals surface area (Å²) in [7, 11) is 2.20. The van der Waals surface area contributed by atoms with Crippen molar-refractivity contribution in [3.8, 4) is 6.07 Å². The van der Waals surface area contributed by atoms with Gasteiger partial charge in [0.05, 0.1) is 6.07 Å². The first-order valence-corrected chi connectivity index (χ1v) is 7.35. The Morgan fingerprint density at radius 1 is 1.50 bits per heavy atom. The molecule has 3 unspecified atom stereocenters. The van der Waals surface area contributed by atoms with Gasteiger partial charge in [0, 0.05) is 6.54 Å². The predicted octanol–water partition coefficient (Wildman–Crippen LogP) is 2.64. The van der Waals surface area contributed by atoms with E-state index in [1.54, 1.807) is 0 Å². The first kappa shape index (κ1) is 15.5. The molecule has 0 amide bonds. The summed E-state index contributed by atoms with van der Waals surface area (Å²) in [5, 5.41) is 12.6. The highest BCUT2D eigenvalue weighted by Gasteiger charge is 2.33. The van der Waals surface area contributed by atoms with Gasteiger partial charge in [0.1, 0.15) is 5.54 Å². The Kier molecular flexibility index (Phi) is 6.11. The molecule has 0 aliphatic heterocycles. The van der Waals surface area contributed by atoms with Crippen molar-refractivity contribution in [2.24, 2.45) is 11.8 Å². The maximum absolute atomic E-state index is 9.24. The lowest BCUT2D eigenvalue weighted by atomic mass is 9.97. The van der Waals surface area contributed by atoms with Crippen molar-refractivity contribution < 1.29 is 0 Å². The molecule has 0 heterocycles. The molecule has 104 valence electrons. The zero-order valence-corrected chi connectivity index (χ0v) is 12.5. The van der Waals surface area contributed by atoms with E-state index in [0.717, 1.165) is 44.2 Å². The van der Waals surface area contributed by atoms with Gasteiger partial charge >= 0.3 is 0 Å². The fraction of sp³-hybridized carbons (Fsp3) is 0.933. The number of nitrogens with one attached hydrogen (secondary N) is 1. The van der Waals surface area contributed by atoms with E-state index in [-0.39, 0.29) is 5.54 Å². The van der Waals surface area contributed by atoms with Gasteiger partial charge in [0.15, 0.2) is 0 Å². The van der Waals surface area contributed by atoms with Gasteiger partial charge in [-0.2, -0.15) is 5.26 Å². The summed E-state index contributed by atoms with van der Waals surface area (Å²) >= 11 is 0. The topological polar surface area (TPSA) is 39.1 Å². The molecule has 0 saturated heterocycles. The fourth-order valence-electron chi connectivity index (χ4n) is 2.43. The molecule has 1 N–H and O–H groups in total. The lowest BCUT2D eigenvalue weighted by Gasteiger charge is -2.24. The van der Waals surface area contributed by atoms with Crippen molar-refractivity contribution in [3.05, 3.63) is 0 Å². The van der Waals surface area contributed by atoms with Gasteiger partial charge in [-0.15, -0.1) is 0 Å². The molecule has 0 aromatic rings. The van der Waals surface area contributed by atoms with Gasteiger partial charge in [-0.3, -0.25) is 5.32 Å². The third-order valence-corrected chi connectivity index (χ3v) is 4.05. The van der Waals surface area contributed by atoms with Crippen LogP contribution in [-0.2, 0) is 0 Å². The normalized spacial score (nSPS) is 25.8. The second kappa shape index (κ2) is 7.11. The van der Waals surface area contributed by atoms with Gasteiger partial charge in [0.25, 0.3) is 0 Å². The summed E-state index contributed by atoms with van der Waals surface area (Å²) in [6, 6.07) is 2.42. The number of rotatable bonds is 9. The monoisotopic (exact) mass is 251 g/mol. The van der Waals surface area contributed by atoms with Crippen molar-refractivity contribution in [2.75, 3.05) is 26.7 Å². The van der Waals surface area contributed by atoms with E-state index in [9.17, 15) is 5.26 Å². The van der Waals surface area contributed by atoms with E-state index in [1.165, 1.54) is 13.0 Å². The quantitative estimate of drug-likeness (QED) is 0.685. The van der Waals surface area contributed by atoms with Crippen LogP contribution in [-0.4, -0.2) is 37.1 Å². The minimum absolute atomic E-state index is 0.344. The van der Waals surface area contributed by atoms with E-state index >= 15 is 0 Å². The summed E-state index contributed by atoms with van der Waals surface area (Å²) in [4.78, 5) is 2.42. The van der Waals surface area contributed by atoms with Gasteiger partial charge in [-0.1, -0.05) is 13.8 Å². The van der Waals surface area contributed by atoms with E-state index in [2.05, 4.69) is 37.2 Å². The number of nitrogens with zero attached hydrogens (tertiary/aromatic N) is 2. The summed E-state index contributed by atoms with van der Waals surface area (Å²) < 4.78 is 0. The Balaban J connectivity index is 2.16. The standard InChI is InChI=1S/C15H29N3/c1-5-8-17-15(3,12-16)7-6-9-18(4)11-14-10-13(14)2/h13-14,17H,5-11H2,1-4H3. The number of hydrogen-bond acceptors (Lipinski definition) is 3. The van der Waals surface area contributed by atoms with Crippen LogP contribution in [0.3, 0.4) is 0 Å². The highest BCUT2D eigenvalue weighted by Crippen LogP contribution is 2.37. The molecular formula is C15H29N3. The van der Waals surface area contributed by atoms with Crippen LogP contribution < -0.4 is 5.32 Å². The highest BCUT2D eigenvalue weighted by atomic mass is 15.1. The molecule has 3 nitrogen and oxygen atoms in total. The minimum atomic E-state index is -0.344. The summed E-state index contributed by atoms with van der Waals surface area (Å²) in [6.07, 6.45) is 4.52. The fourth-order valence-corrected chi connectivity index (χ4v) is 2.43. The minimum Gasteiger partial charge on any atom is -0.306 e. The van der Waals surface area contributed by atoms with Crippen LogP contribution in [0.15, 0.2) is 0 Å². The van der Waals surface area contributed by atoms with Crippen LogP contribution in [0.4, 0.5) is 0 Å². The lowest BCUT2D eigenvalue weighted by Crippen LogP contribution is -2.41. The molecule has 1 fully saturated rings. The van der Waals surface area contributed by atoms with Crippen molar-refractivity contribution in [1.29, 1.82) is 5.26 Å². The van der Waals surface area contributed by atoms with Crippen LogP contribution in [0, 0.1) is 23.2 Å². The predicted molar refractivity (Wildman–Crippen MR) is 76.3 cm³/mol. The summed E-state index contributed by atoms with van der Waals surface area (Å²) in [6.45, 7) is 9.75. The number of nitriles is 1. The molecule has 1 saturated carbocycles. The van der Waals surface area contributed by atoms with E-state index < -0.39 is 0 Å². The Bertz CT molecular complexity index is 284. The average molecular weight is 251 g/mol. The third-order valence-electron chi connectivity index (χ3n) is 4.05. The van der Waals surface area contributed by atoms with Gasteiger partial charge in [-0.25, -0.2) is 0 Å². The van der Waals surface area contributed by atoms with Crippen LogP contribution in [0.5, 0.6) is 0 Å². The molecule has 1 rings (SSSR count). The largest absolute Gasteiger partial charge is 0.306 e. The summed E-state index contributed by atoms with van der Waals surface area (Å²) in [5.74, 6) is 1.86.